The van der Waals surface area contributed by atoms with Crippen LogP contribution >= 0.6 is 11.6 Å². The van der Waals surface area contributed by atoms with E-state index in [1.165, 1.54) is 30.7 Å². The van der Waals surface area contributed by atoms with Crippen LogP contribution in [0.25, 0.3) is 0 Å². The predicted molar refractivity (Wildman–Crippen MR) is 72.9 cm³/mol. The lowest BCUT2D eigenvalue weighted by Gasteiger charge is -2.11. The molecule has 0 N–H and O–H groups in total. The highest BCUT2D eigenvalue weighted by Gasteiger charge is 2.31. The number of halogens is 1. The Kier molecular flexibility index (Phi) is 3.08. The first-order valence-corrected chi connectivity index (χ1v) is 6.78. The van der Waals surface area contributed by atoms with E-state index in [-0.39, 0.29) is 5.91 Å². The second kappa shape index (κ2) is 4.73. The van der Waals surface area contributed by atoms with Crippen molar-refractivity contribution >= 4 is 28.9 Å². The van der Waals surface area contributed by atoms with Crippen molar-refractivity contribution in [2.24, 2.45) is 11.0 Å². The molecule has 1 saturated carbocycles. The lowest BCUT2D eigenvalue weighted by atomic mass is 10.00. The molecule has 0 radical (unpaired) electrons. The monoisotopic (exact) mass is 262 g/mol. The molecule has 1 amide bonds. The van der Waals surface area contributed by atoms with Crippen molar-refractivity contribution in [3.8, 4) is 0 Å². The van der Waals surface area contributed by atoms with Crippen molar-refractivity contribution in [2.75, 3.05) is 5.01 Å². The fourth-order valence-corrected chi connectivity index (χ4v) is 2.93. The summed E-state index contributed by atoms with van der Waals surface area (Å²) in [5.74, 6) is 0.567. The standard InChI is InChI=1S/C14H15ClN2O/c15-11-6-3-7-12(8-11)17-14(18)9-13(16-17)10-4-1-2-5-10/h3,6-8,10H,1-2,4-5,9H2. The highest BCUT2D eigenvalue weighted by molar-refractivity contribution is 6.31. The van der Waals surface area contributed by atoms with Gasteiger partial charge in [-0.1, -0.05) is 30.5 Å². The topological polar surface area (TPSA) is 32.7 Å². The average molecular weight is 263 g/mol. The lowest BCUT2D eigenvalue weighted by molar-refractivity contribution is -0.116. The first-order valence-electron chi connectivity index (χ1n) is 6.40. The van der Waals surface area contributed by atoms with Crippen LogP contribution in [0, 0.1) is 5.92 Å². The fraction of sp³-hybridized carbons (Fsp3) is 0.429. The Bertz CT molecular complexity index is 506. The Morgan fingerprint density at radius 2 is 2.06 bits per heavy atom. The maximum atomic E-state index is 12.0. The van der Waals surface area contributed by atoms with Gasteiger partial charge in [0.2, 0.25) is 0 Å². The van der Waals surface area contributed by atoms with E-state index < -0.39 is 0 Å². The summed E-state index contributed by atoms with van der Waals surface area (Å²) in [6.45, 7) is 0. The summed E-state index contributed by atoms with van der Waals surface area (Å²) in [6, 6.07) is 7.28. The molecule has 1 aromatic carbocycles. The minimum atomic E-state index is 0.0548. The largest absolute Gasteiger partial charge is 0.272 e. The smallest absolute Gasteiger partial charge is 0.253 e. The molecular weight excluding hydrogens is 248 g/mol. The molecule has 0 aromatic heterocycles. The molecule has 1 aliphatic carbocycles. The molecule has 1 aromatic rings. The van der Waals surface area contributed by atoms with Gasteiger partial charge in [-0.15, -0.1) is 0 Å². The SMILES string of the molecule is O=C1CC(C2CCCC2)=NN1c1cccc(Cl)c1. The first-order chi connectivity index (χ1) is 8.74. The van der Waals surface area contributed by atoms with Gasteiger partial charge in [0.05, 0.1) is 17.8 Å². The quantitative estimate of drug-likeness (QED) is 0.801. The summed E-state index contributed by atoms with van der Waals surface area (Å²) in [5.41, 5.74) is 1.82. The van der Waals surface area contributed by atoms with Gasteiger partial charge in [-0.05, 0) is 37.0 Å². The van der Waals surface area contributed by atoms with Gasteiger partial charge in [-0.3, -0.25) is 4.79 Å². The highest BCUT2D eigenvalue weighted by atomic mass is 35.5. The van der Waals surface area contributed by atoms with Crippen molar-refractivity contribution in [3.63, 3.8) is 0 Å². The molecule has 94 valence electrons. The van der Waals surface area contributed by atoms with E-state index in [9.17, 15) is 4.79 Å². The molecule has 0 spiro atoms. The highest BCUT2D eigenvalue weighted by Crippen LogP contribution is 2.31. The Morgan fingerprint density at radius 1 is 1.28 bits per heavy atom. The molecule has 3 rings (SSSR count). The molecule has 1 aliphatic heterocycles. The number of anilines is 1. The second-order valence-corrected chi connectivity index (χ2v) is 5.37. The van der Waals surface area contributed by atoms with E-state index in [4.69, 9.17) is 11.6 Å². The molecular formula is C14H15ClN2O. The number of hydrazone groups is 1. The van der Waals surface area contributed by atoms with Crippen LogP contribution in [0.5, 0.6) is 0 Å². The van der Waals surface area contributed by atoms with Crippen LogP contribution in [0.4, 0.5) is 5.69 Å². The van der Waals surface area contributed by atoms with Gasteiger partial charge in [-0.25, -0.2) is 5.01 Å². The summed E-state index contributed by atoms with van der Waals surface area (Å²) >= 11 is 5.95. The van der Waals surface area contributed by atoms with Crippen LogP contribution in [-0.2, 0) is 4.79 Å². The molecule has 0 saturated heterocycles. The zero-order valence-electron chi connectivity index (χ0n) is 10.1. The molecule has 0 atom stereocenters. The van der Waals surface area contributed by atoms with E-state index in [2.05, 4.69) is 5.10 Å². The number of hydrogen-bond acceptors (Lipinski definition) is 2. The molecule has 3 nitrogen and oxygen atoms in total. The van der Waals surface area contributed by atoms with E-state index in [0.717, 1.165) is 11.4 Å². The molecule has 1 fully saturated rings. The maximum absolute atomic E-state index is 12.0. The Labute approximate surface area is 111 Å². The van der Waals surface area contributed by atoms with Crippen molar-refractivity contribution in [1.29, 1.82) is 0 Å². The summed E-state index contributed by atoms with van der Waals surface area (Å²) in [7, 11) is 0. The fourth-order valence-electron chi connectivity index (χ4n) is 2.74. The molecule has 2 aliphatic rings. The normalized spacial score (nSPS) is 20.6. The number of hydrogen-bond donors (Lipinski definition) is 0. The maximum Gasteiger partial charge on any atom is 0.253 e. The minimum Gasteiger partial charge on any atom is -0.272 e. The van der Waals surface area contributed by atoms with Crippen LogP contribution in [-0.4, -0.2) is 11.6 Å². The summed E-state index contributed by atoms with van der Waals surface area (Å²) in [5, 5.41) is 6.63. The van der Waals surface area contributed by atoms with Crippen molar-refractivity contribution in [1.82, 2.24) is 0 Å². The number of carbonyl (C=O) groups is 1. The van der Waals surface area contributed by atoms with Crippen LogP contribution in [0.3, 0.4) is 0 Å². The third-order valence-electron chi connectivity index (χ3n) is 3.68. The average Bonchev–Trinajstić information content (AvgIpc) is 2.97. The summed E-state index contributed by atoms with van der Waals surface area (Å²) in [6.07, 6.45) is 5.34. The summed E-state index contributed by atoms with van der Waals surface area (Å²) < 4.78 is 0. The number of nitrogens with zero attached hydrogens (tertiary/aromatic N) is 2. The zero-order chi connectivity index (χ0) is 12.5. The molecule has 1 heterocycles. The van der Waals surface area contributed by atoms with Crippen LogP contribution < -0.4 is 5.01 Å². The van der Waals surface area contributed by atoms with Crippen LogP contribution in [0.15, 0.2) is 29.4 Å². The predicted octanol–water partition coefficient (Wildman–Crippen LogP) is 3.62. The molecule has 0 bridgehead atoms. The van der Waals surface area contributed by atoms with Gasteiger partial charge in [0, 0.05) is 5.02 Å². The Morgan fingerprint density at radius 3 is 2.78 bits per heavy atom. The van der Waals surface area contributed by atoms with Gasteiger partial charge in [0.25, 0.3) is 5.91 Å². The third-order valence-corrected chi connectivity index (χ3v) is 3.91. The van der Waals surface area contributed by atoms with Crippen molar-refractivity contribution in [3.05, 3.63) is 29.3 Å². The number of benzene rings is 1. The van der Waals surface area contributed by atoms with Gasteiger partial charge in [-0.2, -0.15) is 5.10 Å². The zero-order valence-corrected chi connectivity index (χ0v) is 10.9. The van der Waals surface area contributed by atoms with Gasteiger partial charge < -0.3 is 0 Å². The third kappa shape index (κ3) is 2.15. The summed E-state index contributed by atoms with van der Waals surface area (Å²) in [4.78, 5) is 12.0. The minimum absolute atomic E-state index is 0.0548. The van der Waals surface area contributed by atoms with E-state index in [0.29, 0.717) is 17.4 Å². The number of carbonyl (C=O) groups excluding carboxylic acids is 1. The van der Waals surface area contributed by atoms with E-state index >= 15 is 0 Å². The Hall–Kier alpha value is -1.35. The first kappa shape index (κ1) is 11.7. The molecule has 0 unspecified atom stereocenters. The van der Waals surface area contributed by atoms with Gasteiger partial charge in [0.1, 0.15) is 0 Å². The van der Waals surface area contributed by atoms with E-state index in [1.54, 1.807) is 12.1 Å². The molecule has 18 heavy (non-hydrogen) atoms. The van der Waals surface area contributed by atoms with Gasteiger partial charge >= 0.3 is 0 Å². The van der Waals surface area contributed by atoms with Gasteiger partial charge in [0.15, 0.2) is 0 Å². The van der Waals surface area contributed by atoms with E-state index in [1.807, 2.05) is 12.1 Å². The molecule has 4 heteroatoms. The van der Waals surface area contributed by atoms with Crippen molar-refractivity contribution < 1.29 is 4.79 Å². The number of rotatable bonds is 2. The Balaban J connectivity index is 1.86. The number of amides is 1. The van der Waals surface area contributed by atoms with Crippen LogP contribution in [0.1, 0.15) is 32.1 Å². The van der Waals surface area contributed by atoms with Crippen LogP contribution in [0.2, 0.25) is 5.02 Å². The second-order valence-electron chi connectivity index (χ2n) is 4.93. The lowest BCUT2D eigenvalue weighted by Crippen LogP contribution is -2.19. The van der Waals surface area contributed by atoms with Crippen molar-refractivity contribution in [2.45, 2.75) is 32.1 Å².